The average Bonchev–Trinajstić information content (AvgIpc) is 2.43. The molecule has 2 atom stereocenters. The van der Waals surface area contributed by atoms with Crippen LogP contribution >= 0.6 is 0 Å². The summed E-state index contributed by atoms with van der Waals surface area (Å²) in [7, 11) is -1.71. The molecule has 1 aromatic carbocycles. The van der Waals surface area contributed by atoms with Crippen molar-refractivity contribution in [3.8, 4) is 0 Å². The first kappa shape index (κ1) is 16.0. The summed E-state index contributed by atoms with van der Waals surface area (Å²) in [5.41, 5.74) is 10.6. The van der Waals surface area contributed by atoms with E-state index in [4.69, 9.17) is 16.6 Å². The number of carbonyl (C=O) groups is 1. The van der Waals surface area contributed by atoms with E-state index in [-0.39, 0.29) is 22.0 Å². The maximum atomic E-state index is 12.2. The van der Waals surface area contributed by atoms with Crippen LogP contribution in [0, 0.1) is 10.1 Å². The molecule has 0 radical (unpaired) electrons. The van der Waals surface area contributed by atoms with Gasteiger partial charge in [0, 0.05) is 28.5 Å². The molecular weight excluding hydrogens is 286 g/mol. The van der Waals surface area contributed by atoms with Crippen molar-refractivity contribution in [2.75, 3.05) is 6.54 Å². The number of non-ortho nitro benzene ring substituents is 1. The molecular formula is C11H13N3O5S. The van der Waals surface area contributed by atoms with E-state index in [9.17, 15) is 19.1 Å². The number of benzene rings is 1. The third-order valence-corrected chi connectivity index (χ3v) is 3.83. The number of nitrogens with two attached hydrogens (primary N) is 2. The topological polar surface area (TPSA) is 150 Å². The van der Waals surface area contributed by atoms with Crippen molar-refractivity contribution in [1.82, 2.24) is 0 Å². The van der Waals surface area contributed by atoms with Gasteiger partial charge in [-0.3, -0.25) is 14.9 Å². The molecule has 1 rings (SSSR count). The van der Waals surface area contributed by atoms with Crippen LogP contribution in [0.15, 0.2) is 40.1 Å². The number of nitrogens with zero attached hydrogens (tertiary/aromatic N) is 1. The van der Waals surface area contributed by atoms with Crippen LogP contribution in [0.5, 0.6) is 0 Å². The number of hydrogen-bond donors (Lipinski definition) is 3. The highest BCUT2D eigenvalue weighted by atomic mass is 32.2. The second-order valence-corrected chi connectivity index (χ2v) is 5.25. The molecule has 0 saturated heterocycles. The van der Waals surface area contributed by atoms with Crippen molar-refractivity contribution in [2.45, 2.75) is 10.9 Å². The first-order valence-corrected chi connectivity index (χ1v) is 6.57. The van der Waals surface area contributed by atoms with Crippen molar-refractivity contribution >= 4 is 22.5 Å². The van der Waals surface area contributed by atoms with Gasteiger partial charge in [0.15, 0.2) is 0 Å². The molecule has 1 aromatic rings. The van der Waals surface area contributed by atoms with Gasteiger partial charge in [0.05, 0.1) is 15.7 Å². The zero-order chi connectivity index (χ0) is 15.3. The molecule has 0 aliphatic carbocycles. The van der Waals surface area contributed by atoms with Crippen LogP contribution in [0.2, 0.25) is 0 Å². The molecule has 5 N–H and O–H groups in total. The summed E-state index contributed by atoms with van der Waals surface area (Å²) in [4.78, 5) is 21.0. The highest BCUT2D eigenvalue weighted by Crippen LogP contribution is 2.18. The number of nitro groups is 1. The van der Waals surface area contributed by atoms with Gasteiger partial charge in [-0.25, -0.2) is 4.21 Å². The summed E-state index contributed by atoms with van der Waals surface area (Å²) < 4.78 is 12.2. The largest absolute Gasteiger partial charge is 0.480 e. The molecule has 9 heteroatoms. The monoisotopic (exact) mass is 299 g/mol. The maximum absolute atomic E-state index is 12.2. The second-order valence-electron chi connectivity index (χ2n) is 3.72. The fraction of sp³-hybridized carbons (Fsp3) is 0.182. The van der Waals surface area contributed by atoms with Gasteiger partial charge in [0.25, 0.3) is 5.69 Å². The molecule has 0 saturated carbocycles. The Bertz CT molecular complexity index is 570. The number of rotatable bonds is 6. The van der Waals surface area contributed by atoms with Gasteiger partial charge in [-0.1, -0.05) is 0 Å². The third kappa shape index (κ3) is 3.95. The molecule has 0 amide bonds. The van der Waals surface area contributed by atoms with Gasteiger partial charge < -0.3 is 16.6 Å². The lowest BCUT2D eigenvalue weighted by atomic mass is 10.3. The molecule has 0 aliphatic rings. The zero-order valence-corrected chi connectivity index (χ0v) is 11.1. The van der Waals surface area contributed by atoms with Gasteiger partial charge in [-0.2, -0.15) is 0 Å². The van der Waals surface area contributed by atoms with Gasteiger partial charge in [-0.15, -0.1) is 0 Å². The molecule has 2 unspecified atom stereocenters. The van der Waals surface area contributed by atoms with Crippen molar-refractivity contribution in [3.63, 3.8) is 0 Å². The van der Waals surface area contributed by atoms with Gasteiger partial charge in [0.2, 0.25) is 0 Å². The predicted octanol–water partition coefficient (Wildman–Crippen LogP) is -0.0431. The fourth-order valence-corrected chi connectivity index (χ4v) is 2.43. The van der Waals surface area contributed by atoms with Crippen molar-refractivity contribution in [2.24, 2.45) is 11.5 Å². The van der Waals surface area contributed by atoms with Crippen molar-refractivity contribution in [1.29, 1.82) is 0 Å². The number of hydrogen-bond acceptors (Lipinski definition) is 6. The molecule has 8 nitrogen and oxygen atoms in total. The molecule has 0 bridgehead atoms. The standard InChI is InChI=1S/C11H13N3O5S/c12-6-9(5-10(13)11(15)16)20(19)8-3-1-7(2-4-8)14(17)18/h1-5,10H,6,12-13H2,(H,15,16). The fourth-order valence-electron chi connectivity index (χ4n) is 1.32. The van der Waals surface area contributed by atoms with Gasteiger partial charge in [0.1, 0.15) is 6.04 Å². The van der Waals surface area contributed by atoms with Crippen LogP contribution in [-0.4, -0.2) is 32.8 Å². The normalized spacial score (nSPS) is 14.6. The lowest BCUT2D eigenvalue weighted by Crippen LogP contribution is -2.29. The van der Waals surface area contributed by atoms with E-state index in [1.165, 1.54) is 24.3 Å². The predicted molar refractivity (Wildman–Crippen MR) is 72.3 cm³/mol. The summed E-state index contributed by atoms with van der Waals surface area (Å²) in [5.74, 6) is -1.27. The van der Waals surface area contributed by atoms with Crippen LogP contribution in [-0.2, 0) is 15.6 Å². The first-order valence-electron chi connectivity index (χ1n) is 5.42. The Morgan fingerprint density at radius 1 is 1.45 bits per heavy atom. The van der Waals surface area contributed by atoms with Gasteiger partial charge in [-0.05, 0) is 18.2 Å². The molecule has 0 spiro atoms. The van der Waals surface area contributed by atoms with Crippen LogP contribution in [0.4, 0.5) is 5.69 Å². The van der Waals surface area contributed by atoms with Crippen molar-refractivity contribution < 1.29 is 19.0 Å². The van der Waals surface area contributed by atoms with Crippen LogP contribution in [0.3, 0.4) is 0 Å². The minimum atomic E-state index is -1.71. The maximum Gasteiger partial charge on any atom is 0.324 e. The number of aliphatic carboxylic acids is 1. The molecule has 0 fully saturated rings. The summed E-state index contributed by atoms with van der Waals surface area (Å²) >= 11 is 0. The third-order valence-electron chi connectivity index (χ3n) is 2.35. The quantitative estimate of drug-likeness (QED) is 0.492. The number of carboxylic acid groups (broad SMARTS) is 1. The second kappa shape index (κ2) is 6.89. The van der Waals surface area contributed by atoms with Crippen molar-refractivity contribution in [3.05, 3.63) is 45.4 Å². The molecule has 0 aliphatic heterocycles. The van der Waals surface area contributed by atoms with Crippen LogP contribution in [0.25, 0.3) is 0 Å². The molecule has 20 heavy (non-hydrogen) atoms. The van der Waals surface area contributed by atoms with Gasteiger partial charge >= 0.3 is 5.97 Å². The van der Waals surface area contributed by atoms with E-state index in [0.29, 0.717) is 0 Å². The Morgan fingerprint density at radius 3 is 2.40 bits per heavy atom. The lowest BCUT2D eigenvalue weighted by molar-refractivity contribution is -0.384. The molecule has 0 aromatic heterocycles. The summed E-state index contributed by atoms with van der Waals surface area (Å²) in [6.07, 6.45) is 1.11. The summed E-state index contributed by atoms with van der Waals surface area (Å²) in [6.45, 7) is -0.134. The lowest BCUT2D eigenvalue weighted by Gasteiger charge is -2.07. The van der Waals surface area contributed by atoms with Crippen LogP contribution < -0.4 is 11.5 Å². The highest BCUT2D eigenvalue weighted by molar-refractivity contribution is 7.89. The highest BCUT2D eigenvalue weighted by Gasteiger charge is 2.15. The summed E-state index contributed by atoms with van der Waals surface area (Å²) in [5, 5.41) is 19.2. The van der Waals surface area contributed by atoms with E-state index < -0.39 is 27.7 Å². The Hall–Kier alpha value is -2.10. The van der Waals surface area contributed by atoms with E-state index in [1.54, 1.807) is 0 Å². The minimum absolute atomic E-state index is 0.133. The molecule has 0 heterocycles. The zero-order valence-electron chi connectivity index (χ0n) is 10.3. The van der Waals surface area contributed by atoms with Crippen LogP contribution in [0.1, 0.15) is 0 Å². The van der Waals surface area contributed by atoms with E-state index in [2.05, 4.69) is 0 Å². The first-order chi connectivity index (χ1) is 9.36. The Labute approximate surface area is 116 Å². The van der Waals surface area contributed by atoms with E-state index in [0.717, 1.165) is 6.08 Å². The Morgan fingerprint density at radius 2 is 2.00 bits per heavy atom. The minimum Gasteiger partial charge on any atom is -0.480 e. The smallest absolute Gasteiger partial charge is 0.324 e. The van der Waals surface area contributed by atoms with E-state index in [1.807, 2.05) is 0 Å². The average molecular weight is 299 g/mol. The number of carboxylic acids is 1. The number of nitro benzene ring substituents is 1. The Kier molecular flexibility index (Phi) is 5.50. The van der Waals surface area contributed by atoms with E-state index >= 15 is 0 Å². The SMILES string of the molecule is NCC(=CC(N)C(=O)O)S(=O)c1ccc([N+](=O)[O-])cc1. The Balaban J connectivity index is 3.02. The molecule has 108 valence electrons. The summed E-state index contributed by atoms with van der Waals surface area (Å²) in [6, 6.07) is 3.75.